The SMILES string of the molecule is CNCC1CN(Cc2ccncc2)C(=O)CN1C. The predicted octanol–water partition coefficient (Wildman–Crippen LogP) is -0.0564. The van der Waals surface area contributed by atoms with Gasteiger partial charge < -0.3 is 10.2 Å². The number of pyridine rings is 1. The van der Waals surface area contributed by atoms with Gasteiger partial charge in [0.1, 0.15) is 0 Å². The molecule has 1 aliphatic heterocycles. The number of nitrogens with zero attached hydrogens (tertiary/aromatic N) is 3. The molecule has 1 aromatic rings. The molecule has 1 aliphatic rings. The topological polar surface area (TPSA) is 48.5 Å². The van der Waals surface area contributed by atoms with Crippen LogP contribution in [0.25, 0.3) is 0 Å². The molecule has 1 N–H and O–H groups in total. The fourth-order valence-corrected chi connectivity index (χ4v) is 2.26. The zero-order valence-electron chi connectivity index (χ0n) is 11.0. The van der Waals surface area contributed by atoms with E-state index in [9.17, 15) is 4.79 Å². The van der Waals surface area contributed by atoms with Crippen molar-refractivity contribution in [2.75, 3.05) is 33.7 Å². The molecule has 1 saturated heterocycles. The van der Waals surface area contributed by atoms with Crippen LogP contribution in [0.5, 0.6) is 0 Å². The molecule has 0 saturated carbocycles. The Balaban J connectivity index is 2.01. The van der Waals surface area contributed by atoms with Gasteiger partial charge in [0.05, 0.1) is 6.54 Å². The van der Waals surface area contributed by atoms with Gasteiger partial charge in [-0.15, -0.1) is 0 Å². The number of likely N-dealkylation sites (N-methyl/N-ethyl adjacent to an activating group) is 2. The zero-order chi connectivity index (χ0) is 13.0. The van der Waals surface area contributed by atoms with E-state index in [0.717, 1.165) is 18.7 Å². The zero-order valence-corrected chi connectivity index (χ0v) is 11.0. The van der Waals surface area contributed by atoms with Crippen molar-refractivity contribution in [2.24, 2.45) is 0 Å². The maximum atomic E-state index is 12.0. The lowest BCUT2D eigenvalue weighted by molar-refractivity contribution is -0.138. The van der Waals surface area contributed by atoms with Crippen molar-refractivity contribution in [2.45, 2.75) is 12.6 Å². The highest BCUT2D eigenvalue weighted by Gasteiger charge is 2.28. The van der Waals surface area contributed by atoms with Crippen LogP contribution in [0.15, 0.2) is 24.5 Å². The van der Waals surface area contributed by atoms with E-state index in [1.54, 1.807) is 12.4 Å². The Kier molecular flexibility index (Phi) is 4.28. The monoisotopic (exact) mass is 248 g/mol. The first-order valence-corrected chi connectivity index (χ1v) is 6.22. The Labute approximate surface area is 108 Å². The molecule has 5 nitrogen and oxygen atoms in total. The minimum atomic E-state index is 0.196. The number of carbonyl (C=O) groups is 1. The Morgan fingerprint density at radius 2 is 2.17 bits per heavy atom. The van der Waals surface area contributed by atoms with Crippen LogP contribution in [0, 0.1) is 0 Å². The average Bonchev–Trinajstić information content (AvgIpc) is 2.37. The molecule has 0 aliphatic carbocycles. The van der Waals surface area contributed by atoms with Crippen molar-refractivity contribution in [3.63, 3.8) is 0 Å². The standard InChI is InChI=1S/C13H20N4O/c1-14-7-12-9-17(13(18)10-16(12)2)8-11-3-5-15-6-4-11/h3-6,12,14H,7-10H2,1-2H3. The fraction of sp³-hybridized carbons (Fsp3) is 0.538. The van der Waals surface area contributed by atoms with E-state index in [0.29, 0.717) is 19.1 Å². The Morgan fingerprint density at radius 3 is 2.83 bits per heavy atom. The van der Waals surface area contributed by atoms with E-state index in [-0.39, 0.29) is 5.91 Å². The van der Waals surface area contributed by atoms with Gasteiger partial charge in [-0.05, 0) is 31.8 Å². The summed E-state index contributed by atoms with van der Waals surface area (Å²) in [7, 11) is 3.95. The average molecular weight is 248 g/mol. The second-order valence-electron chi connectivity index (χ2n) is 4.76. The third kappa shape index (κ3) is 3.05. The number of aromatic nitrogens is 1. The van der Waals surface area contributed by atoms with E-state index < -0.39 is 0 Å². The first-order valence-electron chi connectivity index (χ1n) is 6.22. The highest BCUT2D eigenvalue weighted by atomic mass is 16.2. The molecule has 1 unspecified atom stereocenters. The van der Waals surface area contributed by atoms with E-state index in [2.05, 4.69) is 15.2 Å². The molecule has 0 spiro atoms. The molecule has 0 aromatic carbocycles. The Hall–Kier alpha value is -1.46. The van der Waals surface area contributed by atoms with Crippen LogP contribution >= 0.6 is 0 Å². The third-order valence-corrected chi connectivity index (χ3v) is 3.35. The van der Waals surface area contributed by atoms with Gasteiger partial charge in [-0.25, -0.2) is 0 Å². The molecule has 2 rings (SSSR count). The molecule has 1 atom stereocenters. The normalized spacial score (nSPS) is 21.3. The van der Waals surface area contributed by atoms with Crippen LogP contribution in [0.1, 0.15) is 5.56 Å². The lowest BCUT2D eigenvalue weighted by Crippen LogP contribution is -2.56. The number of hydrogen-bond acceptors (Lipinski definition) is 4. The van der Waals surface area contributed by atoms with Gasteiger partial charge in [0.25, 0.3) is 0 Å². The van der Waals surface area contributed by atoms with E-state index in [1.165, 1.54) is 0 Å². The lowest BCUT2D eigenvalue weighted by Gasteiger charge is -2.39. The van der Waals surface area contributed by atoms with Gasteiger partial charge in [0, 0.05) is 38.1 Å². The summed E-state index contributed by atoms with van der Waals surface area (Å²) in [4.78, 5) is 20.0. The molecule has 98 valence electrons. The Morgan fingerprint density at radius 1 is 1.44 bits per heavy atom. The molecule has 2 heterocycles. The summed E-state index contributed by atoms with van der Waals surface area (Å²) in [5, 5.41) is 3.18. The first kappa shape index (κ1) is 13.0. The maximum Gasteiger partial charge on any atom is 0.237 e. The molecular weight excluding hydrogens is 228 g/mol. The molecule has 1 aromatic heterocycles. The predicted molar refractivity (Wildman–Crippen MR) is 70.0 cm³/mol. The molecule has 0 bridgehead atoms. The van der Waals surface area contributed by atoms with Crippen LogP contribution in [-0.2, 0) is 11.3 Å². The summed E-state index contributed by atoms with van der Waals surface area (Å²) in [6.45, 7) is 2.85. The van der Waals surface area contributed by atoms with Gasteiger partial charge in [-0.1, -0.05) is 0 Å². The number of amides is 1. The fourth-order valence-electron chi connectivity index (χ4n) is 2.26. The second-order valence-corrected chi connectivity index (χ2v) is 4.76. The molecule has 1 amide bonds. The number of piperazine rings is 1. The molecule has 5 heteroatoms. The van der Waals surface area contributed by atoms with E-state index >= 15 is 0 Å². The largest absolute Gasteiger partial charge is 0.336 e. The number of hydrogen-bond donors (Lipinski definition) is 1. The smallest absolute Gasteiger partial charge is 0.237 e. The van der Waals surface area contributed by atoms with Crippen LogP contribution in [0.4, 0.5) is 0 Å². The van der Waals surface area contributed by atoms with Gasteiger partial charge in [0.15, 0.2) is 0 Å². The lowest BCUT2D eigenvalue weighted by atomic mass is 10.1. The maximum absolute atomic E-state index is 12.0. The van der Waals surface area contributed by atoms with Crippen LogP contribution < -0.4 is 5.32 Å². The summed E-state index contributed by atoms with van der Waals surface area (Å²) in [6.07, 6.45) is 3.53. The van der Waals surface area contributed by atoms with Crippen LogP contribution in [0.3, 0.4) is 0 Å². The van der Waals surface area contributed by atoms with Crippen molar-refractivity contribution < 1.29 is 4.79 Å². The highest BCUT2D eigenvalue weighted by Crippen LogP contribution is 2.12. The second kappa shape index (κ2) is 5.93. The van der Waals surface area contributed by atoms with Crippen molar-refractivity contribution in [3.05, 3.63) is 30.1 Å². The number of carbonyl (C=O) groups excluding carboxylic acids is 1. The van der Waals surface area contributed by atoms with Gasteiger partial charge in [0.2, 0.25) is 5.91 Å². The van der Waals surface area contributed by atoms with Crippen LogP contribution in [0.2, 0.25) is 0 Å². The van der Waals surface area contributed by atoms with Crippen LogP contribution in [-0.4, -0.2) is 60.5 Å². The van der Waals surface area contributed by atoms with Crippen molar-refractivity contribution in [1.82, 2.24) is 20.1 Å². The molecule has 0 radical (unpaired) electrons. The summed E-state index contributed by atoms with van der Waals surface area (Å²) < 4.78 is 0. The number of nitrogens with one attached hydrogen (secondary N) is 1. The van der Waals surface area contributed by atoms with Gasteiger partial charge in [-0.3, -0.25) is 14.7 Å². The van der Waals surface area contributed by atoms with Crippen molar-refractivity contribution in [1.29, 1.82) is 0 Å². The summed E-state index contributed by atoms with van der Waals surface area (Å²) >= 11 is 0. The molecular formula is C13H20N4O. The van der Waals surface area contributed by atoms with Gasteiger partial charge in [-0.2, -0.15) is 0 Å². The van der Waals surface area contributed by atoms with E-state index in [4.69, 9.17) is 0 Å². The minimum absolute atomic E-state index is 0.196. The van der Waals surface area contributed by atoms with Crippen molar-refractivity contribution >= 4 is 5.91 Å². The quantitative estimate of drug-likeness (QED) is 0.811. The van der Waals surface area contributed by atoms with E-state index in [1.807, 2.05) is 31.1 Å². The molecule has 1 fully saturated rings. The molecule has 18 heavy (non-hydrogen) atoms. The van der Waals surface area contributed by atoms with Crippen molar-refractivity contribution in [3.8, 4) is 0 Å². The van der Waals surface area contributed by atoms with Gasteiger partial charge >= 0.3 is 0 Å². The Bertz CT molecular complexity index is 395. The summed E-state index contributed by atoms with van der Waals surface area (Å²) in [5.41, 5.74) is 1.13. The third-order valence-electron chi connectivity index (χ3n) is 3.35. The first-order chi connectivity index (χ1) is 8.70. The number of rotatable bonds is 4. The summed E-state index contributed by atoms with van der Waals surface area (Å²) in [6, 6.07) is 4.30. The highest BCUT2D eigenvalue weighted by molar-refractivity contribution is 5.79. The minimum Gasteiger partial charge on any atom is -0.336 e. The summed E-state index contributed by atoms with van der Waals surface area (Å²) in [5.74, 6) is 0.196.